The standard InChI is InChI=1S/C31H51N3O4/c1-8-10-12-16-34-20-27(28(21-34)31(37)38)25(14-15-33-30(36)29(35)32-7)19-26(22(3)4)18-24(6)17-23(5)13-11-9-2/h8,18-23,26,31,37-38H,1,9-17H2,2-7H3,(H,32,35)(H,33,36). The molecule has 38 heavy (non-hydrogen) atoms. The Kier molecular flexibility index (Phi) is 15.6. The first-order valence-corrected chi connectivity index (χ1v) is 14.1. The van der Waals surface area contributed by atoms with Crippen molar-refractivity contribution in [2.45, 2.75) is 92.4 Å². The van der Waals surface area contributed by atoms with Crippen LogP contribution in [0.2, 0.25) is 0 Å². The lowest BCUT2D eigenvalue weighted by atomic mass is 9.87. The Balaban J connectivity index is 3.38. The lowest BCUT2D eigenvalue weighted by Gasteiger charge is -2.19. The number of allylic oxidation sites excluding steroid dienone is 4. The minimum absolute atomic E-state index is 0.130. The van der Waals surface area contributed by atoms with Crippen LogP contribution < -0.4 is 10.6 Å². The molecular formula is C31H51N3O4. The summed E-state index contributed by atoms with van der Waals surface area (Å²) in [7, 11) is 1.42. The van der Waals surface area contributed by atoms with E-state index in [0.717, 1.165) is 36.9 Å². The molecule has 2 unspecified atom stereocenters. The van der Waals surface area contributed by atoms with Crippen molar-refractivity contribution in [3.8, 4) is 0 Å². The molecule has 2 atom stereocenters. The molecule has 0 fully saturated rings. The van der Waals surface area contributed by atoms with Gasteiger partial charge in [-0.2, -0.15) is 0 Å². The second kappa shape index (κ2) is 17.8. The average molecular weight is 530 g/mol. The monoisotopic (exact) mass is 529 g/mol. The number of carbonyl (C=O) groups is 2. The number of nitrogens with one attached hydrogen (secondary N) is 2. The molecule has 1 rings (SSSR count). The molecule has 0 aliphatic carbocycles. The lowest BCUT2D eigenvalue weighted by Crippen LogP contribution is -2.38. The number of aromatic nitrogens is 1. The molecule has 7 heteroatoms. The van der Waals surface area contributed by atoms with Gasteiger partial charge in [-0.05, 0) is 55.9 Å². The SMILES string of the molecule is C=CCCCn1cc(C(=CC(C=C(C)CC(C)CCCC)C(C)C)CCNC(=O)C(=O)NC)c(C(O)O)c1. The van der Waals surface area contributed by atoms with Gasteiger partial charge in [-0.3, -0.25) is 9.59 Å². The zero-order chi connectivity index (χ0) is 28.7. The van der Waals surface area contributed by atoms with E-state index in [2.05, 4.69) is 64.0 Å². The highest BCUT2D eigenvalue weighted by Crippen LogP contribution is 2.31. The number of rotatable bonds is 17. The van der Waals surface area contributed by atoms with Crippen molar-refractivity contribution < 1.29 is 19.8 Å². The average Bonchev–Trinajstić information content (AvgIpc) is 3.30. The largest absolute Gasteiger partial charge is 0.364 e. The van der Waals surface area contributed by atoms with Gasteiger partial charge in [0.25, 0.3) is 0 Å². The van der Waals surface area contributed by atoms with Gasteiger partial charge in [-0.15, -0.1) is 6.58 Å². The third kappa shape index (κ3) is 11.8. The van der Waals surface area contributed by atoms with Crippen LogP contribution in [0, 0.1) is 17.8 Å². The van der Waals surface area contributed by atoms with Crippen LogP contribution in [0.15, 0.2) is 42.8 Å². The van der Waals surface area contributed by atoms with Crippen molar-refractivity contribution >= 4 is 17.4 Å². The summed E-state index contributed by atoms with van der Waals surface area (Å²) >= 11 is 0. The normalized spacial score (nSPS) is 14.1. The summed E-state index contributed by atoms with van der Waals surface area (Å²) in [6, 6.07) is 0. The van der Waals surface area contributed by atoms with Gasteiger partial charge in [0.1, 0.15) is 0 Å². The highest BCUT2D eigenvalue weighted by Gasteiger charge is 2.20. The Morgan fingerprint density at radius 2 is 1.82 bits per heavy atom. The fraction of sp³-hybridized carbons (Fsp3) is 0.613. The Bertz CT molecular complexity index is 943. The molecule has 1 heterocycles. The van der Waals surface area contributed by atoms with Crippen molar-refractivity contribution in [1.29, 1.82) is 0 Å². The molecule has 7 nitrogen and oxygen atoms in total. The number of hydrogen-bond donors (Lipinski definition) is 4. The smallest absolute Gasteiger partial charge is 0.309 e. The van der Waals surface area contributed by atoms with Crippen LogP contribution in [0.3, 0.4) is 0 Å². The number of amides is 2. The molecule has 0 saturated carbocycles. The minimum atomic E-state index is -1.62. The Hall–Kier alpha value is -2.64. The van der Waals surface area contributed by atoms with Crippen molar-refractivity contribution in [3.05, 3.63) is 53.9 Å². The molecule has 0 aliphatic rings. The predicted octanol–water partition coefficient (Wildman–Crippen LogP) is 5.51. The van der Waals surface area contributed by atoms with Crippen LogP contribution in [0.1, 0.15) is 97.0 Å². The summed E-state index contributed by atoms with van der Waals surface area (Å²) < 4.78 is 1.98. The van der Waals surface area contributed by atoms with E-state index < -0.39 is 18.1 Å². The van der Waals surface area contributed by atoms with Crippen LogP contribution in [-0.2, 0) is 16.1 Å². The first-order chi connectivity index (χ1) is 18.0. The van der Waals surface area contributed by atoms with E-state index in [1.54, 1.807) is 6.20 Å². The molecule has 0 aromatic carbocycles. The van der Waals surface area contributed by atoms with Crippen LogP contribution >= 0.6 is 0 Å². The number of nitrogens with zero attached hydrogens (tertiary/aromatic N) is 1. The van der Waals surface area contributed by atoms with Crippen LogP contribution in [0.4, 0.5) is 0 Å². The van der Waals surface area contributed by atoms with Gasteiger partial charge in [-0.1, -0.05) is 70.8 Å². The number of carbonyl (C=O) groups excluding carboxylic acids is 2. The van der Waals surface area contributed by atoms with Crippen LogP contribution in [0.25, 0.3) is 5.57 Å². The third-order valence-electron chi connectivity index (χ3n) is 6.83. The Morgan fingerprint density at radius 1 is 1.11 bits per heavy atom. The number of unbranched alkanes of at least 4 members (excludes halogenated alkanes) is 2. The molecular weight excluding hydrogens is 478 g/mol. The second-order valence-corrected chi connectivity index (χ2v) is 10.7. The molecule has 1 aromatic rings. The predicted molar refractivity (Wildman–Crippen MR) is 156 cm³/mol. The third-order valence-corrected chi connectivity index (χ3v) is 6.83. The maximum Gasteiger partial charge on any atom is 0.309 e. The van der Waals surface area contributed by atoms with Gasteiger partial charge in [0.2, 0.25) is 0 Å². The number of aryl methyl sites for hydroxylation is 1. The second-order valence-electron chi connectivity index (χ2n) is 10.7. The van der Waals surface area contributed by atoms with Gasteiger partial charge in [0.15, 0.2) is 6.29 Å². The van der Waals surface area contributed by atoms with Crippen LogP contribution in [-0.4, -0.2) is 40.2 Å². The topological polar surface area (TPSA) is 104 Å². The highest BCUT2D eigenvalue weighted by molar-refractivity contribution is 6.35. The fourth-order valence-corrected chi connectivity index (χ4v) is 4.63. The summed E-state index contributed by atoms with van der Waals surface area (Å²) in [6.45, 7) is 15.8. The van der Waals surface area contributed by atoms with Crippen molar-refractivity contribution in [1.82, 2.24) is 15.2 Å². The molecule has 1 aromatic heterocycles. The lowest BCUT2D eigenvalue weighted by molar-refractivity contribution is -0.138. The number of hydrogen-bond acceptors (Lipinski definition) is 4. The Morgan fingerprint density at radius 3 is 2.39 bits per heavy atom. The van der Waals surface area contributed by atoms with E-state index >= 15 is 0 Å². The molecule has 0 radical (unpaired) electrons. The summed E-state index contributed by atoms with van der Waals surface area (Å²) in [5.41, 5.74) is 3.44. The molecule has 214 valence electrons. The fourth-order valence-electron chi connectivity index (χ4n) is 4.63. The number of aliphatic hydroxyl groups excluding tert-OH is 1. The van der Waals surface area contributed by atoms with Gasteiger partial charge in [0, 0.05) is 43.7 Å². The first kappa shape index (κ1) is 33.4. The minimum Gasteiger partial charge on any atom is -0.364 e. The van der Waals surface area contributed by atoms with Gasteiger partial charge < -0.3 is 25.4 Å². The summed E-state index contributed by atoms with van der Waals surface area (Å²) in [6.07, 6.45) is 15.4. The van der Waals surface area contributed by atoms with Crippen molar-refractivity contribution in [2.75, 3.05) is 13.6 Å². The molecule has 2 amide bonds. The van der Waals surface area contributed by atoms with E-state index in [1.807, 2.05) is 16.8 Å². The van der Waals surface area contributed by atoms with E-state index in [9.17, 15) is 19.8 Å². The van der Waals surface area contributed by atoms with E-state index in [0.29, 0.717) is 23.8 Å². The maximum atomic E-state index is 12.0. The van der Waals surface area contributed by atoms with Crippen LogP contribution in [0.5, 0.6) is 0 Å². The first-order valence-electron chi connectivity index (χ1n) is 14.1. The summed E-state index contributed by atoms with van der Waals surface area (Å²) in [4.78, 5) is 23.7. The van der Waals surface area contributed by atoms with E-state index in [1.165, 1.54) is 31.9 Å². The Labute approximate surface area is 230 Å². The zero-order valence-corrected chi connectivity index (χ0v) is 24.4. The molecule has 0 aliphatic heterocycles. The maximum absolute atomic E-state index is 12.0. The molecule has 4 N–H and O–H groups in total. The number of likely N-dealkylation sites (N-methyl/N-ethyl adjacent to an activating group) is 1. The van der Waals surface area contributed by atoms with Gasteiger partial charge >= 0.3 is 11.8 Å². The zero-order valence-electron chi connectivity index (χ0n) is 24.4. The molecule has 0 bridgehead atoms. The highest BCUT2D eigenvalue weighted by atomic mass is 16.5. The molecule has 0 saturated heterocycles. The van der Waals surface area contributed by atoms with Gasteiger partial charge in [-0.25, -0.2) is 0 Å². The van der Waals surface area contributed by atoms with Gasteiger partial charge in [0.05, 0.1) is 0 Å². The van der Waals surface area contributed by atoms with Crippen molar-refractivity contribution in [2.24, 2.45) is 17.8 Å². The number of aliphatic hydroxyl groups is 2. The van der Waals surface area contributed by atoms with Crippen molar-refractivity contribution in [3.63, 3.8) is 0 Å². The quantitative estimate of drug-likeness (QED) is 0.0925. The van der Waals surface area contributed by atoms with E-state index in [4.69, 9.17) is 0 Å². The molecule has 0 spiro atoms. The summed E-state index contributed by atoms with van der Waals surface area (Å²) in [5, 5.41) is 25.4. The summed E-state index contributed by atoms with van der Waals surface area (Å²) in [5.74, 6) is -0.294. The van der Waals surface area contributed by atoms with E-state index in [-0.39, 0.29) is 12.5 Å².